The Hall–Kier alpha value is -1.03. The maximum absolute atomic E-state index is 11.6. The van der Waals surface area contributed by atoms with E-state index in [0.29, 0.717) is 5.33 Å². The highest BCUT2D eigenvalue weighted by molar-refractivity contribution is 9.08. The highest BCUT2D eigenvalue weighted by Crippen LogP contribution is 2.29. The van der Waals surface area contributed by atoms with Gasteiger partial charge in [-0.1, -0.05) is 22.0 Å². The Labute approximate surface area is 104 Å². The molecule has 0 spiro atoms. The molecule has 3 nitrogen and oxygen atoms in total. The van der Waals surface area contributed by atoms with Crippen molar-refractivity contribution < 1.29 is 14.6 Å². The molecule has 0 aliphatic rings. The van der Waals surface area contributed by atoms with Crippen molar-refractivity contribution in [1.29, 1.82) is 0 Å². The minimum absolute atomic E-state index is 0.0189. The summed E-state index contributed by atoms with van der Waals surface area (Å²) in [7, 11) is 0. The van der Waals surface area contributed by atoms with Gasteiger partial charge in [0, 0.05) is 5.33 Å². The second kappa shape index (κ2) is 4.87. The van der Waals surface area contributed by atoms with Gasteiger partial charge in [-0.3, -0.25) is 4.79 Å². The SMILES string of the molecule is CC(C)(C)C(=O)Oc1ccc(CBr)cc1O. The molecule has 1 aromatic rings. The molecule has 1 N–H and O–H groups in total. The summed E-state index contributed by atoms with van der Waals surface area (Å²) in [6.07, 6.45) is 0. The van der Waals surface area contributed by atoms with E-state index in [-0.39, 0.29) is 17.5 Å². The van der Waals surface area contributed by atoms with E-state index in [2.05, 4.69) is 15.9 Å². The molecule has 4 heteroatoms. The van der Waals surface area contributed by atoms with E-state index >= 15 is 0 Å². The van der Waals surface area contributed by atoms with Crippen molar-refractivity contribution in [3.8, 4) is 11.5 Å². The van der Waals surface area contributed by atoms with Crippen LogP contribution in [0.1, 0.15) is 26.3 Å². The number of carbonyl (C=O) groups excluding carboxylic acids is 1. The Morgan fingerprint density at radius 1 is 1.44 bits per heavy atom. The van der Waals surface area contributed by atoms with Crippen molar-refractivity contribution in [3.05, 3.63) is 23.8 Å². The molecule has 0 amide bonds. The number of hydrogen-bond donors (Lipinski definition) is 1. The predicted octanol–water partition coefficient (Wildman–Crippen LogP) is 3.24. The monoisotopic (exact) mass is 286 g/mol. The summed E-state index contributed by atoms with van der Waals surface area (Å²) in [5.41, 5.74) is 0.341. The van der Waals surface area contributed by atoms with Crippen molar-refractivity contribution in [2.24, 2.45) is 5.41 Å². The van der Waals surface area contributed by atoms with Gasteiger partial charge in [-0.15, -0.1) is 0 Å². The smallest absolute Gasteiger partial charge is 0.316 e. The molecule has 16 heavy (non-hydrogen) atoms. The fourth-order valence-electron chi connectivity index (χ4n) is 0.985. The first kappa shape index (κ1) is 13.0. The number of alkyl halides is 1. The molecule has 0 aliphatic heterocycles. The molecule has 0 heterocycles. The highest BCUT2D eigenvalue weighted by Gasteiger charge is 2.24. The molecule has 1 aromatic carbocycles. The van der Waals surface area contributed by atoms with Gasteiger partial charge in [0.25, 0.3) is 0 Å². The molecule has 88 valence electrons. The van der Waals surface area contributed by atoms with Crippen LogP contribution in [0.5, 0.6) is 11.5 Å². The summed E-state index contributed by atoms with van der Waals surface area (Å²) in [5.74, 6) is -0.187. The molecule has 0 radical (unpaired) electrons. The quantitative estimate of drug-likeness (QED) is 0.516. The molecule has 0 atom stereocenters. The summed E-state index contributed by atoms with van der Waals surface area (Å²) < 4.78 is 5.10. The Balaban J connectivity index is 2.87. The standard InChI is InChI=1S/C12H15BrO3/c1-12(2,3)11(15)16-10-5-4-8(7-13)6-9(10)14/h4-6,14H,7H2,1-3H3. The van der Waals surface area contributed by atoms with Crippen LogP contribution in [0.3, 0.4) is 0 Å². The van der Waals surface area contributed by atoms with E-state index in [0.717, 1.165) is 5.56 Å². The van der Waals surface area contributed by atoms with Gasteiger partial charge in [-0.2, -0.15) is 0 Å². The molecule has 0 fully saturated rings. The van der Waals surface area contributed by atoms with Gasteiger partial charge in [-0.25, -0.2) is 0 Å². The molecule has 0 unspecified atom stereocenters. The maximum Gasteiger partial charge on any atom is 0.316 e. The number of rotatable bonds is 2. The number of halogens is 1. The molecule has 1 rings (SSSR count). The van der Waals surface area contributed by atoms with Crippen LogP contribution in [-0.2, 0) is 10.1 Å². The Bertz CT molecular complexity index is 394. The average Bonchev–Trinajstić information content (AvgIpc) is 2.19. The van der Waals surface area contributed by atoms with Crippen LogP contribution in [0, 0.1) is 5.41 Å². The van der Waals surface area contributed by atoms with Crippen LogP contribution in [0.15, 0.2) is 18.2 Å². The van der Waals surface area contributed by atoms with Crippen LogP contribution in [0.2, 0.25) is 0 Å². The zero-order chi connectivity index (χ0) is 12.3. The first-order valence-electron chi connectivity index (χ1n) is 4.94. The number of hydrogen-bond acceptors (Lipinski definition) is 3. The number of esters is 1. The summed E-state index contributed by atoms with van der Waals surface area (Å²) in [6.45, 7) is 5.29. The van der Waals surface area contributed by atoms with Gasteiger partial charge in [0.2, 0.25) is 0 Å². The van der Waals surface area contributed by atoms with E-state index in [9.17, 15) is 9.90 Å². The van der Waals surface area contributed by atoms with E-state index in [1.54, 1.807) is 39.0 Å². The Morgan fingerprint density at radius 2 is 2.06 bits per heavy atom. The lowest BCUT2D eigenvalue weighted by atomic mass is 9.97. The Kier molecular flexibility index (Phi) is 3.97. The number of aromatic hydroxyl groups is 1. The van der Waals surface area contributed by atoms with Crippen molar-refractivity contribution in [2.45, 2.75) is 26.1 Å². The summed E-state index contributed by atoms with van der Waals surface area (Å²) >= 11 is 3.28. The topological polar surface area (TPSA) is 46.5 Å². The largest absolute Gasteiger partial charge is 0.504 e. The first-order chi connectivity index (χ1) is 7.34. The van der Waals surface area contributed by atoms with Gasteiger partial charge < -0.3 is 9.84 Å². The second-order valence-electron chi connectivity index (χ2n) is 4.58. The lowest BCUT2D eigenvalue weighted by molar-refractivity contribution is -0.143. The number of ether oxygens (including phenoxy) is 1. The molecule has 0 aliphatic carbocycles. The average molecular weight is 287 g/mol. The van der Waals surface area contributed by atoms with Crippen molar-refractivity contribution >= 4 is 21.9 Å². The summed E-state index contributed by atoms with van der Waals surface area (Å²) in [5, 5.41) is 10.3. The van der Waals surface area contributed by atoms with Gasteiger partial charge >= 0.3 is 5.97 Å². The van der Waals surface area contributed by atoms with Crippen LogP contribution >= 0.6 is 15.9 Å². The van der Waals surface area contributed by atoms with Crippen LogP contribution in [0.4, 0.5) is 0 Å². The van der Waals surface area contributed by atoms with E-state index in [4.69, 9.17) is 4.74 Å². The minimum Gasteiger partial charge on any atom is -0.504 e. The number of carbonyl (C=O) groups is 1. The van der Waals surface area contributed by atoms with E-state index in [1.165, 1.54) is 0 Å². The third-order valence-corrected chi connectivity index (χ3v) is 2.64. The predicted molar refractivity (Wildman–Crippen MR) is 65.8 cm³/mol. The molecular weight excluding hydrogens is 272 g/mol. The lowest BCUT2D eigenvalue weighted by Gasteiger charge is -2.16. The van der Waals surface area contributed by atoms with E-state index < -0.39 is 5.41 Å². The number of phenolic OH excluding ortho intramolecular Hbond substituents is 1. The van der Waals surface area contributed by atoms with Crippen LogP contribution in [-0.4, -0.2) is 11.1 Å². The highest BCUT2D eigenvalue weighted by atomic mass is 79.9. The molecular formula is C12H15BrO3. The van der Waals surface area contributed by atoms with Crippen molar-refractivity contribution in [1.82, 2.24) is 0 Å². The number of benzene rings is 1. The van der Waals surface area contributed by atoms with Gasteiger partial charge in [-0.05, 0) is 38.5 Å². The zero-order valence-corrected chi connectivity index (χ0v) is 11.2. The van der Waals surface area contributed by atoms with Crippen molar-refractivity contribution in [2.75, 3.05) is 0 Å². The summed E-state index contributed by atoms with van der Waals surface area (Å²) in [4.78, 5) is 11.6. The normalized spacial score (nSPS) is 11.2. The molecule has 0 bridgehead atoms. The van der Waals surface area contributed by atoms with Crippen molar-refractivity contribution in [3.63, 3.8) is 0 Å². The van der Waals surface area contributed by atoms with Crippen LogP contribution < -0.4 is 4.74 Å². The zero-order valence-electron chi connectivity index (χ0n) is 9.58. The molecule has 0 aromatic heterocycles. The second-order valence-corrected chi connectivity index (χ2v) is 5.14. The Morgan fingerprint density at radius 3 is 2.50 bits per heavy atom. The van der Waals surface area contributed by atoms with Gasteiger partial charge in [0.15, 0.2) is 11.5 Å². The fraction of sp³-hybridized carbons (Fsp3) is 0.417. The van der Waals surface area contributed by atoms with E-state index in [1.807, 2.05) is 0 Å². The number of phenols is 1. The fourth-order valence-corrected chi connectivity index (χ4v) is 1.33. The molecule has 0 saturated carbocycles. The first-order valence-corrected chi connectivity index (χ1v) is 6.07. The lowest BCUT2D eigenvalue weighted by Crippen LogP contribution is -2.25. The third-order valence-electron chi connectivity index (χ3n) is 1.99. The van der Waals surface area contributed by atoms with Crippen LogP contribution in [0.25, 0.3) is 0 Å². The maximum atomic E-state index is 11.6. The molecule has 0 saturated heterocycles. The summed E-state index contributed by atoms with van der Waals surface area (Å²) in [6, 6.07) is 4.95. The van der Waals surface area contributed by atoms with Gasteiger partial charge in [0.1, 0.15) is 0 Å². The third kappa shape index (κ3) is 3.23. The van der Waals surface area contributed by atoms with Gasteiger partial charge in [0.05, 0.1) is 5.41 Å². The minimum atomic E-state index is -0.583.